The number of nitrogens with one attached hydrogen (secondary N) is 1. The highest BCUT2D eigenvalue weighted by atomic mass is 35.5. The van der Waals surface area contributed by atoms with Gasteiger partial charge in [-0.25, -0.2) is 0 Å². The van der Waals surface area contributed by atoms with Crippen LogP contribution in [0.5, 0.6) is 0 Å². The summed E-state index contributed by atoms with van der Waals surface area (Å²) in [4.78, 5) is 25.6. The Kier molecular flexibility index (Phi) is 5.98. The normalized spacial score (nSPS) is 11.8. The quantitative estimate of drug-likeness (QED) is 0.872. The van der Waals surface area contributed by atoms with E-state index in [-0.39, 0.29) is 24.3 Å². The maximum absolute atomic E-state index is 12.1. The molecule has 1 aromatic carbocycles. The van der Waals surface area contributed by atoms with E-state index >= 15 is 0 Å². The highest BCUT2D eigenvalue weighted by molar-refractivity contribution is 6.31. The molecule has 2 amide bonds. The molecule has 1 atom stereocenters. The van der Waals surface area contributed by atoms with Crippen LogP contribution in [0, 0.1) is 5.92 Å². The lowest BCUT2D eigenvalue weighted by molar-refractivity contribution is -0.119. The second-order valence-corrected chi connectivity index (χ2v) is 5.16. The number of halogens is 1. The Morgan fingerprint density at radius 3 is 2.55 bits per heavy atom. The molecule has 0 saturated carbocycles. The van der Waals surface area contributed by atoms with E-state index in [2.05, 4.69) is 5.32 Å². The van der Waals surface area contributed by atoms with E-state index in [1.54, 1.807) is 32.3 Å². The number of anilines is 1. The molecule has 0 aliphatic rings. The number of nitrogens with two attached hydrogens (primary N) is 1. The monoisotopic (exact) mass is 297 g/mol. The van der Waals surface area contributed by atoms with Crippen molar-refractivity contribution in [2.24, 2.45) is 11.7 Å². The molecule has 0 bridgehead atoms. The zero-order valence-corrected chi connectivity index (χ0v) is 12.7. The van der Waals surface area contributed by atoms with Crippen molar-refractivity contribution in [2.75, 3.05) is 26.0 Å². The Balaban J connectivity index is 3.07. The van der Waals surface area contributed by atoms with Gasteiger partial charge in [-0.3, -0.25) is 9.59 Å². The Bertz CT molecular complexity index is 499. The van der Waals surface area contributed by atoms with Crippen molar-refractivity contribution in [2.45, 2.75) is 13.3 Å². The van der Waals surface area contributed by atoms with Crippen LogP contribution in [0.2, 0.25) is 5.02 Å². The second kappa shape index (κ2) is 7.26. The third-order valence-electron chi connectivity index (χ3n) is 3.02. The molecule has 5 nitrogen and oxygen atoms in total. The van der Waals surface area contributed by atoms with E-state index in [1.807, 2.05) is 6.92 Å². The van der Waals surface area contributed by atoms with E-state index < -0.39 is 0 Å². The third-order valence-corrected chi connectivity index (χ3v) is 3.26. The number of amides is 2. The average Bonchev–Trinajstić information content (AvgIpc) is 2.39. The van der Waals surface area contributed by atoms with Gasteiger partial charge in [-0.2, -0.15) is 0 Å². The molecule has 6 heteroatoms. The fourth-order valence-electron chi connectivity index (χ4n) is 1.74. The number of carbonyl (C=O) groups excluding carboxylic acids is 2. The molecule has 1 rings (SSSR count). The topological polar surface area (TPSA) is 75.4 Å². The van der Waals surface area contributed by atoms with E-state index in [0.29, 0.717) is 22.7 Å². The Hall–Kier alpha value is -1.59. The van der Waals surface area contributed by atoms with Gasteiger partial charge in [0.25, 0.3) is 5.91 Å². The van der Waals surface area contributed by atoms with Crippen molar-refractivity contribution in [3.8, 4) is 0 Å². The Labute approximate surface area is 124 Å². The number of rotatable bonds is 5. The summed E-state index contributed by atoms with van der Waals surface area (Å²) in [7, 11) is 3.30. The van der Waals surface area contributed by atoms with E-state index in [0.717, 1.165) is 0 Å². The Morgan fingerprint density at radius 2 is 2.05 bits per heavy atom. The predicted molar refractivity (Wildman–Crippen MR) is 80.9 cm³/mol. The predicted octanol–water partition coefficient (Wildman–Crippen LogP) is 1.97. The molecule has 0 aromatic heterocycles. The number of benzene rings is 1. The van der Waals surface area contributed by atoms with Gasteiger partial charge < -0.3 is 16.0 Å². The first-order valence-electron chi connectivity index (χ1n) is 6.42. The second-order valence-electron chi connectivity index (χ2n) is 4.72. The van der Waals surface area contributed by atoms with Crippen molar-refractivity contribution in [1.82, 2.24) is 4.90 Å². The standard InChI is InChI=1S/C14H20ClN3O2/c1-4-9(8-16)13(19)17-12-7-10(15)5-6-11(12)14(20)18(2)3/h5-7,9H,4,8,16H2,1-3H3,(H,17,19). The van der Waals surface area contributed by atoms with Gasteiger partial charge in [0.15, 0.2) is 0 Å². The van der Waals surface area contributed by atoms with Crippen LogP contribution in [0.15, 0.2) is 18.2 Å². The fourth-order valence-corrected chi connectivity index (χ4v) is 1.91. The highest BCUT2D eigenvalue weighted by Crippen LogP contribution is 2.23. The molecule has 1 unspecified atom stereocenters. The average molecular weight is 298 g/mol. The van der Waals surface area contributed by atoms with E-state index in [9.17, 15) is 9.59 Å². The molecule has 110 valence electrons. The molecule has 0 heterocycles. The first-order chi connectivity index (χ1) is 9.40. The summed E-state index contributed by atoms with van der Waals surface area (Å²) in [5, 5.41) is 3.19. The number of hydrogen-bond donors (Lipinski definition) is 2. The summed E-state index contributed by atoms with van der Waals surface area (Å²) in [6.07, 6.45) is 0.639. The van der Waals surface area contributed by atoms with Crippen LogP contribution in [0.1, 0.15) is 23.7 Å². The van der Waals surface area contributed by atoms with Gasteiger partial charge in [0, 0.05) is 25.7 Å². The summed E-state index contributed by atoms with van der Waals surface area (Å²) in [5.74, 6) is -0.681. The maximum Gasteiger partial charge on any atom is 0.255 e. The molecule has 3 N–H and O–H groups in total. The van der Waals surface area contributed by atoms with Crippen molar-refractivity contribution in [3.05, 3.63) is 28.8 Å². The van der Waals surface area contributed by atoms with Gasteiger partial charge in [0.2, 0.25) is 5.91 Å². The molecule has 0 aliphatic heterocycles. The zero-order chi connectivity index (χ0) is 15.3. The van der Waals surface area contributed by atoms with Gasteiger partial charge in [0.05, 0.1) is 17.2 Å². The van der Waals surface area contributed by atoms with Crippen LogP contribution >= 0.6 is 11.6 Å². The van der Waals surface area contributed by atoms with E-state index in [1.165, 1.54) is 4.90 Å². The van der Waals surface area contributed by atoms with Crippen molar-refractivity contribution in [3.63, 3.8) is 0 Å². The van der Waals surface area contributed by atoms with E-state index in [4.69, 9.17) is 17.3 Å². The maximum atomic E-state index is 12.1. The molecule has 0 aliphatic carbocycles. The number of hydrogen-bond acceptors (Lipinski definition) is 3. The van der Waals surface area contributed by atoms with Crippen LogP contribution in [0.4, 0.5) is 5.69 Å². The molecule has 1 aromatic rings. The van der Waals surface area contributed by atoms with Gasteiger partial charge in [-0.15, -0.1) is 0 Å². The minimum atomic E-state index is -0.281. The molecule has 0 spiro atoms. The molecule has 0 fully saturated rings. The van der Waals surface area contributed by atoms with Crippen molar-refractivity contribution in [1.29, 1.82) is 0 Å². The van der Waals surface area contributed by atoms with Crippen LogP contribution in [0.25, 0.3) is 0 Å². The fraction of sp³-hybridized carbons (Fsp3) is 0.429. The molecule has 20 heavy (non-hydrogen) atoms. The van der Waals surface area contributed by atoms with Crippen LogP contribution < -0.4 is 11.1 Å². The SMILES string of the molecule is CCC(CN)C(=O)Nc1cc(Cl)ccc1C(=O)N(C)C. The molecule has 0 radical (unpaired) electrons. The highest BCUT2D eigenvalue weighted by Gasteiger charge is 2.19. The molecular formula is C14H20ClN3O2. The van der Waals surface area contributed by atoms with Crippen LogP contribution in [-0.2, 0) is 4.79 Å². The van der Waals surface area contributed by atoms with Crippen LogP contribution in [-0.4, -0.2) is 37.4 Å². The summed E-state index contributed by atoms with van der Waals surface area (Å²) in [6.45, 7) is 2.15. The minimum absolute atomic E-state index is 0.197. The molecular weight excluding hydrogens is 278 g/mol. The lowest BCUT2D eigenvalue weighted by atomic mass is 10.1. The lowest BCUT2D eigenvalue weighted by Crippen LogP contribution is -2.30. The van der Waals surface area contributed by atoms with Crippen molar-refractivity contribution < 1.29 is 9.59 Å². The van der Waals surface area contributed by atoms with Crippen LogP contribution in [0.3, 0.4) is 0 Å². The number of carbonyl (C=O) groups is 2. The first-order valence-corrected chi connectivity index (χ1v) is 6.80. The van der Waals surface area contributed by atoms with Gasteiger partial charge in [0.1, 0.15) is 0 Å². The van der Waals surface area contributed by atoms with Gasteiger partial charge in [-0.05, 0) is 24.6 Å². The van der Waals surface area contributed by atoms with Crippen molar-refractivity contribution >= 4 is 29.1 Å². The van der Waals surface area contributed by atoms with Gasteiger partial charge in [-0.1, -0.05) is 18.5 Å². The Morgan fingerprint density at radius 1 is 1.40 bits per heavy atom. The zero-order valence-electron chi connectivity index (χ0n) is 11.9. The third kappa shape index (κ3) is 3.95. The summed E-state index contributed by atoms with van der Waals surface area (Å²) in [5.41, 5.74) is 6.36. The lowest BCUT2D eigenvalue weighted by Gasteiger charge is -2.17. The summed E-state index contributed by atoms with van der Waals surface area (Å²) >= 11 is 5.93. The first kappa shape index (κ1) is 16.5. The summed E-state index contributed by atoms with van der Waals surface area (Å²) < 4.78 is 0. The molecule has 0 saturated heterocycles. The van der Waals surface area contributed by atoms with Gasteiger partial charge >= 0.3 is 0 Å². The minimum Gasteiger partial charge on any atom is -0.345 e. The number of nitrogens with zero attached hydrogens (tertiary/aromatic N) is 1. The smallest absolute Gasteiger partial charge is 0.255 e. The largest absolute Gasteiger partial charge is 0.345 e. The summed E-state index contributed by atoms with van der Waals surface area (Å²) in [6, 6.07) is 4.79.